The van der Waals surface area contributed by atoms with Crippen LogP contribution >= 0.6 is 15.9 Å². The van der Waals surface area contributed by atoms with E-state index in [1.165, 1.54) is 18.5 Å². The van der Waals surface area contributed by atoms with Gasteiger partial charge in [-0.15, -0.1) is 0 Å². The summed E-state index contributed by atoms with van der Waals surface area (Å²) in [5, 5.41) is 2.78. The molecule has 31 heavy (non-hydrogen) atoms. The van der Waals surface area contributed by atoms with Crippen LogP contribution < -0.4 is 14.8 Å². The number of carbonyl (C=O) groups is 1. The van der Waals surface area contributed by atoms with Gasteiger partial charge in [-0.05, 0) is 49.2 Å². The zero-order chi connectivity index (χ0) is 22.4. The molecule has 2 aromatic carbocycles. The molecule has 0 atom stereocenters. The van der Waals surface area contributed by atoms with Crippen LogP contribution in [0.25, 0.3) is 0 Å². The molecule has 0 spiro atoms. The van der Waals surface area contributed by atoms with Gasteiger partial charge in [0.2, 0.25) is 15.9 Å². The van der Waals surface area contributed by atoms with Gasteiger partial charge in [-0.25, -0.2) is 8.42 Å². The fraction of sp³-hybridized carbons (Fsp3) is 0.409. The largest absolute Gasteiger partial charge is 0.497 e. The van der Waals surface area contributed by atoms with E-state index in [1.807, 2.05) is 0 Å². The maximum absolute atomic E-state index is 13.4. The molecule has 0 bridgehead atoms. The normalized spacial score (nSPS) is 15.0. The van der Waals surface area contributed by atoms with Crippen molar-refractivity contribution >= 4 is 37.5 Å². The topological polar surface area (TPSA) is 84.9 Å². The fourth-order valence-corrected chi connectivity index (χ4v) is 5.67. The van der Waals surface area contributed by atoms with Crippen molar-refractivity contribution in [1.82, 2.24) is 4.31 Å². The second kappa shape index (κ2) is 10.5. The number of hydrogen-bond donors (Lipinski definition) is 1. The van der Waals surface area contributed by atoms with Crippen molar-refractivity contribution < 1.29 is 22.7 Å². The van der Waals surface area contributed by atoms with E-state index >= 15 is 0 Å². The SMILES string of the molecule is COc1ccc(OC)c(NC(=O)CN(C2CCCCC2)S(=O)(=O)c2ccc(Br)cc2)c1. The number of nitrogens with one attached hydrogen (secondary N) is 1. The molecule has 168 valence electrons. The Balaban J connectivity index is 1.87. The number of rotatable bonds is 8. The average molecular weight is 511 g/mol. The summed E-state index contributed by atoms with van der Waals surface area (Å²) >= 11 is 3.33. The Morgan fingerprint density at radius 2 is 1.74 bits per heavy atom. The van der Waals surface area contributed by atoms with Gasteiger partial charge in [0.1, 0.15) is 11.5 Å². The number of carbonyl (C=O) groups excluding carboxylic acids is 1. The molecule has 0 aliphatic heterocycles. The van der Waals surface area contributed by atoms with Gasteiger partial charge in [0.15, 0.2) is 0 Å². The van der Waals surface area contributed by atoms with Crippen LogP contribution in [0, 0.1) is 0 Å². The van der Waals surface area contributed by atoms with Gasteiger partial charge in [-0.3, -0.25) is 4.79 Å². The number of amides is 1. The Labute approximate surface area is 191 Å². The summed E-state index contributed by atoms with van der Waals surface area (Å²) in [4.78, 5) is 13.1. The van der Waals surface area contributed by atoms with E-state index < -0.39 is 15.9 Å². The third-order valence-corrected chi connectivity index (χ3v) is 7.82. The van der Waals surface area contributed by atoms with Gasteiger partial charge in [0, 0.05) is 16.6 Å². The fourth-order valence-electron chi connectivity index (χ4n) is 3.76. The van der Waals surface area contributed by atoms with Gasteiger partial charge >= 0.3 is 0 Å². The first-order valence-corrected chi connectivity index (χ1v) is 12.4. The quantitative estimate of drug-likeness (QED) is 0.567. The van der Waals surface area contributed by atoms with Gasteiger partial charge in [0.25, 0.3) is 0 Å². The van der Waals surface area contributed by atoms with E-state index in [9.17, 15) is 13.2 Å². The minimum atomic E-state index is -3.84. The van der Waals surface area contributed by atoms with Crippen LogP contribution in [-0.2, 0) is 14.8 Å². The predicted molar refractivity (Wildman–Crippen MR) is 123 cm³/mol. The molecule has 1 amide bonds. The van der Waals surface area contributed by atoms with Crippen LogP contribution in [-0.4, -0.2) is 45.4 Å². The lowest BCUT2D eigenvalue weighted by Crippen LogP contribution is -2.45. The van der Waals surface area contributed by atoms with Crippen molar-refractivity contribution in [2.75, 3.05) is 26.1 Å². The molecule has 1 N–H and O–H groups in total. The Morgan fingerprint density at radius 3 is 2.35 bits per heavy atom. The number of hydrogen-bond acceptors (Lipinski definition) is 5. The Bertz CT molecular complexity index is 1010. The molecule has 0 unspecified atom stereocenters. The van der Waals surface area contributed by atoms with E-state index in [1.54, 1.807) is 42.5 Å². The summed E-state index contributed by atoms with van der Waals surface area (Å²) in [5.74, 6) is 0.592. The van der Waals surface area contributed by atoms with Crippen LogP contribution in [0.4, 0.5) is 5.69 Å². The van der Waals surface area contributed by atoms with Crippen LogP contribution in [0.2, 0.25) is 0 Å². The first-order chi connectivity index (χ1) is 14.8. The van der Waals surface area contributed by atoms with Gasteiger partial charge in [-0.2, -0.15) is 4.31 Å². The molecule has 0 heterocycles. The zero-order valence-electron chi connectivity index (χ0n) is 17.6. The lowest BCUT2D eigenvalue weighted by Gasteiger charge is -2.33. The third kappa shape index (κ3) is 5.78. The minimum Gasteiger partial charge on any atom is -0.497 e. The molecule has 7 nitrogen and oxygen atoms in total. The summed E-state index contributed by atoms with van der Waals surface area (Å²) < 4.78 is 39.5. The number of ether oxygens (including phenoxy) is 2. The monoisotopic (exact) mass is 510 g/mol. The first kappa shape index (κ1) is 23.6. The summed E-state index contributed by atoms with van der Waals surface area (Å²) in [7, 11) is -0.803. The summed E-state index contributed by atoms with van der Waals surface area (Å²) in [6.07, 6.45) is 4.46. The highest BCUT2D eigenvalue weighted by Gasteiger charge is 2.34. The molecule has 1 aliphatic rings. The second-order valence-electron chi connectivity index (χ2n) is 7.41. The molecule has 0 saturated heterocycles. The van der Waals surface area contributed by atoms with E-state index in [4.69, 9.17) is 9.47 Å². The van der Waals surface area contributed by atoms with Crippen molar-refractivity contribution in [1.29, 1.82) is 0 Å². The molecular formula is C22H27BrN2O5S. The minimum absolute atomic E-state index is 0.174. The van der Waals surface area contributed by atoms with E-state index in [0.29, 0.717) is 17.2 Å². The number of halogens is 1. The zero-order valence-corrected chi connectivity index (χ0v) is 20.0. The van der Waals surface area contributed by atoms with Crippen LogP contribution in [0.15, 0.2) is 51.8 Å². The molecule has 1 fully saturated rings. The average Bonchev–Trinajstić information content (AvgIpc) is 2.78. The maximum Gasteiger partial charge on any atom is 0.243 e. The summed E-state index contributed by atoms with van der Waals surface area (Å²) in [5.41, 5.74) is 0.427. The molecule has 9 heteroatoms. The lowest BCUT2D eigenvalue weighted by molar-refractivity contribution is -0.116. The molecule has 0 aromatic heterocycles. The van der Waals surface area contributed by atoms with Gasteiger partial charge in [-0.1, -0.05) is 35.2 Å². The molecule has 1 aliphatic carbocycles. The maximum atomic E-state index is 13.4. The number of anilines is 1. The van der Waals surface area contributed by atoms with Crippen molar-refractivity contribution in [3.8, 4) is 11.5 Å². The Kier molecular flexibility index (Phi) is 7.96. The molecule has 0 radical (unpaired) electrons. The smallest absolute Gasteiger partial charge is 0.243 e. The van der Waals surface area contributed by atoms with E-state index in [-0.39, 0.29) is 17.5 Å². The van der Waals surface area contributed by atoms with Crippen LogP contribution in [0.5, 0.6) is 11.5 Å². The molecule has 2 aromatic rings. The highest BCUT2D eigenvalue weighted by atomic mass is 79.9. The number of nitrogens with zero attached hydrogens (tertiary/aromatic N) is 1. The summed E-state index contributed by atoms with van der Waals surface area (Å²) in [6.45, 7) is -0.274. The molecule has 1 saturated carbocycles. The highest BCUT2D eigenvalue weighted by Crippen LogP contribution is 2.31. The number of benzene rings is 2. The van der Waals surface area contributed by atoms with Crippen molar-refractivity contribution in [2.45, 2.75) is 43.0 Å². The summed E-state index contributed by atoms with van der Waals surface area (Å²) in [6, 6.07) is 11.3. The Hall–Kier alpha value is -2.10. The molecular weight excluding hydrogens is 484 g/mol. The van der Waals surface area contributed by atoms with E-state index in [2.05, 4.69) is 21.2 Å². The van der Waals surface area contributed by atoms with Crippen LogP contribution in [0.3, 0.4) is 0 Å². The predicted octanol–water partition coefficient (Wildman–Crippen LogP) is 4.43. The lowest BCUT2D eigenvalue weighted by atomic mass is 9.95. The van der Waals surface area contributed by atoms with Crippen molar-refractivity contribution in [2.24, 2.45) is 0 Å². The number of sulfonamides is 1. The second-order valence-corrected chi connectivity index (χ2v) is 10.2. The number of methoxy groups -OCH3 is 2. The first-order valence-electron chi connectivity index (χ1n) is 10.1. The van der Waals surface area contributed by atoms with E-state index in [0.717, 1.165) is 36.6 Å². The van der Waals surface area contributed by atoms with Crippen LogP contribution in [0.1, 0.15) is 32.1 Å². The third-order valence-electron chi connectivity index (χ3n) is 5.38. The standard InChI is InChI=1S/C22H27BrN2O5S/c1-29-18-10-13-21(30-2)20(14-18)24-22(26)15-25(17-6-4-3-5-7-17)31(27,28)19-11-8-16(23)9-12-19/h8-14,17H,3-7,15H2,1-2H3,(H,24,26). The van der Waals surface area contributed by atoms with Gasteiger partial charge in [0.05, 0.1) is 31.3 Å². The highest BCUT2D eigenvalue weighted by molar-refractivity contribution is 9.10. The Morgan fingerprint density at radius 1 is 1.06 bits per heavy atom. The van der Waals surface area contributed by atoms with Crippen molar-refractivity contribution in [3.63, 3.8) is 0 Å². The van der Waals surface area contributed by atoms with Crippen molar-refractivity contribution in [3.05, 3.63) is 46.9 Å². The molecule has 3 rings (SSSR count). The van der Waals surface area contributed by atoms with Gasteiger partial charge < -0.3 is 14.8 Å².